The summed E-state index contributed by atoms with van der Waals surface area (Å²) in [5.74, 6) is -0.0309. The Bertz CT molecular complexity index is 777. The Morgan fingerprint density at radius 3 is 2.79 bits per heavy atom. The number of hydrogen-bond acceptors (Lipinski definition) is 2. The van der Waals surface area contributed by atoms with Crippen molar-refractivity contribution < 1.29 is 4.79 Å². The highest BCUT2D eigenvalue weighted by Gasteiger charge is 2.14. The minimum absolute atomic E-state index is 0.0309. The first-order valence-electron chi connectivity index (χ1n) is 5.82. The summed E-state index contributed by atoms with van der Waals surface area (Å²) in [7, 11) is 0. The Balaban J connectivity index is 2.14. The van der Waals surface area contributed by atoms with Gasteiger partial charge in [-0.25, -0.2) is 0 Å². The minimum Gasteiger partial charge on any atom is -0.399 e. The third kappa shape index (κ3) is 2.15. The summed E-state index contributed by atoms with van der Waals surface area (Å²) in [6.07, 6.45) is 1.74. The van der Waals surface area contributed by atoms with Gasteiger partial charge in [0.25, 0.3) is 0 Å². The number of carbonyl (C=O) groups excluding carboxylic acids is 1. The SMILES string of the molecule is Nc1cccc(C(=O)c2c[nH]c3ccc(Br)cc23)c1. The number of halogens is 1. The highest BCUT2D eigenvalue weighted by molar-refractivity contribution is 9.10. The Kier molecular flexibility index (Phi) is 2.87. The molecule has 3 nitrogen and oxygen atoms in total. The summed E-state index contributed by atoms with van der Waals surface area (Å²) >= 11 is 3.42. The molecule has 0 aliphatic heterocycles. The normalized spacial score (nSPS) is 10.8. The quantitative estimate of drug-likeness (QED) is 0.559. The lowest BCUT2D eigenvalue weighted by Crippen LogP contribution is -2.01. The molecule has 0 aliphatic carbocycles. The number of H-pyrrole nitrogens is 1. The number of carbonyl (C=O) groups is 1. The molecule has 0 unspecified atom stereocenters. The Morgan fingerprint density at radius 1 is 1.16 bits per heavy atom. The molecule has 0 bridgehead atoms. The Morgan fingerprint density at radius 2 is 2.00 bits per heavy atom. The monoisotopic (exact) mass is 314 g/mol. The molecule has 0 atom stereocenters. The van der Waals surface area contributed by atoms with Gasteiger partial charge in [0, 0.05) is 38.4 Å². The lowest BCUT2D eigenvalue weighted by atomic mass is 10.0. The first kappa shape index (κ1) is 12.0. The number of nitrogens with one attached hydrogen (secondary N) is 1. The van der Waals surface area contributed by atoms with E-state index in [1.165, 1.54) is 0 Å². The van der Waals surface area contributed by atoms with Gasteiger partial charge in [0.15, 0.2) is 5.78 Å². The van der Waals surface area contributed by atoms with Crippen molar-refractivity contribution in [2.24, 2.45) is 0 Å². The van der Waals surface area contributed by atoms with E-state index in [1.807, 2.05) is 18.2 Å². The summed E-state index contributed by atoms with van der Waals surface area (Å²) < 4.78 is 0.946. The summed E-state index contributed by atoms with van der Waals surface area (Å²) in [5.41, 5.74) is 8.50. The first-order chi connectivity index (χ1) is 9.15. The van der Waals surface area contributed by atoms with Gasteiger partial charge in [-0.05, 0) is 30.3 Å². The van der Waals surface area contributed by atoms with Crippen molar-refractivity contribution in [3.05, 3.63) is 64.3 Å². The van der Waals surface area contributed by atoms with E-state index in [0.29, 0.717) is 16.8 Å². The molecule has 0 radical (unpaired) electrons. The summed E-state index contributed by atoms with van der Waals surface area (Å²) in [5, 5.41) is 0.904. The van der Waals surface area contributed by atoms with Crippen LogP contribution in [0.15, 0.2) is 53.1 Å². The smallest absolute Gasteiger partial charge is 0.195 e. The molecule has 3 rings (SSSR count). The Hall–Kier alpha value is -2.07. The molecule has 1 aromatic heterocycles. The van der Waals surface area contributed by atoms with E-state index >= 15 is 0 Å². The van der Waals surface area contributed by atoms with Crippen molar-refractivity contribution in [1.82, 2.24) is 4.98 Å². The van der Waals surface area contributed by atoms with E-state index in [0.717, 1.165) is 15.4 Å². The van der Waals surface area contributed by atoms with Gasteiger partial charge < -0.3 is 10.7 Å². The third-order valence-electron chi connectivity index (χ3n) is 3.04. The predicted molar refractivity (Wildman–Crippen MR) is 80.3 cm³/mol. The Labute approximate surface area is 118 Å². The second-order valence-electron chi connectivity index (χ2n) is 4.35. The largest absolute Gasteiger partial charge is 0.399 e. The fourth-order valence-electron chi connectivity index (χ4n) is 2.12. The molecule has 3 aromatic rings. The zero-order valence-corrected chi connectivity index (χ0v) is 11.6. The zero-order valence-electron chi connectivity index (χ0n) is 9.98. The van der Waals surface area contributed by atoms with Gasteiger partial charge in [0.2, 0.25) is 0 Å². The molecule has 0 aliphatic rings. The number of benzene rings is 2. The molecule has 19 heavy (non-hydrogen) atoms. The average Bonchev–Trinajstić information content (AvgIpc) is 2.80. The van der Waals surface area contributed by atoms with Gasteiger partial charge in [0.1, 0.15) is 0 Å². The van der Waals surface area contributed by atoms with Gasteiger partial charge in [0.05, 0.1) is 0 Å². The second-order valence-corrected chi connectivity index (χ2v) is 5.26. The first-order valence-corrected chi connectivity index (χ1v) is 6.61. The highest BCUT2D eigenvalue weighted by atomic mass is 79.9. The summed E-state index contributed by atoms with van der Waals surface area (Å²) in [6, 6.07) is 12.8. The number of fused-ring (bicyclic) bond motifs is 1. The van der Waals surface area contributed by atoms with Crippen molar-refractivity contribution in [1.29, 1.82) is 0 Å². The predicted octanol–water partition coefficient (Wildman–Crippen LogP) is 3.74. The van der Waals surface area contributed by atoms with Crippen molar-refractivity contribution in [3.8, 4) is 0 Å². The minimum atomic E-state index is -0.0309. The number of hydrogen-bond donors (Lipinski definition) is 2. The number of aromatic amines is 1. The van der Waals surface area contributed by atoms with Crippen LogP contribution in [-0.2, 0) is 0 Å². The van der Waals surface area contributed by atoms with Crippen LogP contribution in [0, 0.1) is 0 Å². The van der Waals surface area contributed by atoms with Gasteiger partial charge >= 0.3 is 0 Å². The third-order valence-corrected chi connectivity index (χ3v) is 3.53. The maximum absolute atomic E-state index is 12.5. The molecule has 94 valence electrons. The lowest BCUT2D eigenvalue weighted by Gasteiger charge is -2.01. The number of rotatable bonds is 2. The molecule has 0 spiro atoms. The lowest BCUT2D eigenvalue weighted by molar-refractivity contribution is 0.104. The molecular weight excluding hydrogens is 304 g/mol. The molecule has 0 amide bonds. The van der Waals surface area contributed by atoms with Crippen molar-refractivity contribution in [2.75, 3.05) is 5.73 Å². The molecule has 4 heteroatoms. The number of nitrogen functional groups attached to an aromatic ring is 1. The van der Waals surface area contributed by atoms with Crippen LogP contribution in [0.25, 0.3) is 10.9 Å². The maximum Gasteiger partial charge on any atom is 0.195 e. The summed E-state index contributed by atoms with van der Waals surface area (Å²) in [6.45, 7) is 0. The van der Waals surface area contributed by atoms with Crippen LogP contribution in [0.1, 0.15) is 15.9 Å². The van der Waals surface area contributed by atoms with Crippen LogP contribution >= 0.6 is 15.9 Å². The molecule has 2 aromatic carbocycles. The van der Waals surface area contributed by atoms with E-state index < -0.39 is 0 Å². The summed E-state index contributed by atoms with van der Waals surface area (Å²) in [4.78, 5) is 15.6. The van der Waals surface area contributed by atoms with Crippen LogP contribution in [0.2, 0.25) is 0 Å². The van der Waals surface area contributed by atoms with E-state index in [9.17, 15) is 4.79 Å². The molecule has 3 N–H and O–H groups in total. The van der Waals surface area contributed by atoms with Gasteiger partial charge in [-0.2, -0.15) is 0 Å². The fraction of sp³-hybridized carbons (Fsp3) is 0. The van der Waals surface area contributed by atoms with Crippen LogP contribution in [0.5, 0.6) is 0 Å². The standard InChI is InChI=1S/C15H11BrN2O/c16-10-4-5-14-12(7-10)13(8-18-14)15(19)9-2-1-3-11(17)6-9/h1-8,18H,17H2. The molecule has 0 saturated carbocycles. The molecule has 1 heterocycles. The van der Waals surface area contributed by atoms with Gasteiger partial charge in [-0.3, -0.25) is 4.79 Å². The molecular formula is C15H11BrN2O. The van der Waals surface area contributed by atoms with Crippen molar-refractivity contribution >= 4 is 38.3 Å². The van der Waals surface area contributed by atoms with Gasteiger partial charge in [-0.1, -0.05) is 28.1 Å². The molecule has 0 saturated heterocycles. The number of nitrogens with two attached hydrogens (primary N) is 1. The van der Waals surface area contributed by atoms with Crippen molar-refractivity contribution in [2.45, 2.75) is 0 Å². The number of aromatic nitrogens is 1. The van der Waals surface area contributed by atoms with E-state index in [2.05, 4.69) is 20.9 Å². The fourth-order valence-corrected chi connectivity index (χ4v) is 2.48. The van der Waals surface area contributed by atoms with Crippen LogP contribution in [-0.4, -0.2) is 10.8 Å². The highest BCUT2D eigenvalue weighted by Crippen LogP contribution is 2.25. The maximum atomic E-state index is 12.5. The van der Waals surface area contributed by atoms with Crippen LogP contribution in [0.4, 0.5) is 5.69 Å². The van der Waals surface area contributed by atoms with E-state index in [-0.39, 0.29) is 5.78 Å². The van der Waals surface area contributed by atoms with Crippen LogP contribution in [0.3, 0.4) is 0 Å². The number of ketones is 1. The second kappa shape index (κ2) is 4.55. The average molecular weight is 315 g/mol. The number of anilines is 1. The van der Waals surface area contributed by atoms with E-state index in [4.69, 9.17) is 5.73 Å². The topological polar surface area (TPSA) is 58.9 Å². The van der Waals surface area contributed by atoms with E-state index in [1.54, 1.807) is 30.5 Å². The van der Waals surface area contributed by atoms with Crippen molar-refractivity contribution in [3.63, 3.8) is 0 Å². The van der Waals surface area contributed by atoms with Gasteiger partial charge in [-0.15, -0.1) is 0 Å². The zero-order chi connectivity index (χ0) is 13.4. The van der Waals surface area contributed by atoms with Crippen LogP contribution < -0.4 is 5.73 Å². The molecule has 0 fully saturated rings.